The molecule has 17 heavy (non-hydrogen) atoms. The highest BCUT2D eigenvalue weighted by atomic mass is 35.5. The molecule has 0 radical (unpaired) electrons. The minimum absolute atomic E-state index is 0.219. The van der Waals surface area contributed by atoms with Crippen molar-refractivity contribution in [2.24, 2.45) is 0 Å². The van der Waals surface area contributed by atoms with Crippen LogP contribution in [0.3, 0.4) is 0 Å². The lowest BCUT2D eigenvalue weighted by molar-refractivity contribution is 0.742. The zero-order chi connectivity index (χ0) is 12.7. The van der Waals surface area contributed by atoms with Gasteiger partial charge in [0, 0.05) is 11.9 Å². The number of aromatic nitrogens is 3. The number of aryl methyl sites for hydroxylation is 2. The summed E-state index contributed by atoms with van der Waals surface area (Å²) in [6.07, 6.45) is 3.67. The van der Waals surface area contributed by atoms with Crippen molar-refractivity contribution in [1.29, 1.82) is 0 Å². The van der Waals surface area contributed by atoms with Crippen LogP contribution < -0.4 is 5.32 Å². The molecule has 1 heterocycles. The quantitative estimate of drug-likeness (QED) is 0.763. The average Bonchev–Trinajstić information content (AvgIpc) is 2.38. The van der Waals surface area contributed by atoms with Crippen molar-refractivity contribution in [2.75, 3.05) is 11.9 Å². The smallest absolute Gasteiger partial charge is 0.242 e. The lowest BCUT2D eigenvalue weighted by Gasteiger charge is -2.09. The molecule has 1 aromatic heterocycles. The molecule has 0 saturated heterocycles. The third-order valence-electron chi connectivity index (χ3n) is 2.69. The topological polar surface area (TPSA) is 50.7 Å². The molecule has 1 rings (SSSR count). The van der Waals surface area contributed by atoms with Gasteiger partial charge in [-0.1, -0.05) is 20.8 Å². The van der Waals surface area contributed by atoms with Crippen molar-refractivity contribution in [2.45, 2.75) is 51.8 Å². The van der Waals surface area contributed by atoms with Gasteiger partial charge in [0.05, 0.1) is 11.4 Å². The number of halogens is 1. The van der Waals surface area contributed by atoms with Gasteiger partial charge in [-0.3, -0.25) is 0 Å². The van der Waals surface area contributed by atoms with Crippen molar-refractivity contribution < 1.29 is 0 Å². The summed E-state index contributed by atoms with van der Waals surface area (Å²) in [7, 11) is 0. The van der Waals surface area contributed by atoms with Gasteiger partial charge in [0.1, 0.15) is 0 Å². The highest BCUT2D eigenvalue weighted by molar-refractivity contribution is 6.20. The fourth-order valence-corrected chi connectivity index (χ4v) is 1.67. The van der Waals surface area contributed by atoms with E-state index in [9.17, 15) is 0 Å². The van der Waals surface area contributed by atoms with Crippen molar-refractivity contribution in [3.63, 3.8) is 0 Å². The maximum absolute atomic E-state index is 6.04. The van der Waals surface area contributed by atoms with Crippen LogP contribution in [0.5, 0.6) is 0 Å². The Bertz CT molecular complexity index is 343. The van der Waals surface area contributed by atoms with Crippen LogP contribution in [-0.2, 0) is 12.8 Å². The minimum Gasteiger partial charge on any atom is -0.353 e. The van der Waals surface area contributed by atoms with E-state index in [4.69, 9.17) is 11.6 Å². The van der Waals surface area contributed by atoms with E-state index in [2.05, 4.69) is 41.3 Å². The Balaban J connectivity index is 2.54. The molecule has 1 atom stereocenters. The molecule has 0 aliphatic heterocycles. The molecule has 5 heteroatoms. The van der Waals surface area contributed by atoms with Gasteiger partial charge < -0.3 is 5.32 Å². The number of rotatable bonds is 7. The maximum Gasteiger partial charge on any atom is 0.242 e. The molecule has 0 aliphatic rings. The van der Waals surface area contributed by atoms with Gasteiger partial charge >= 0.3 is 0 Å². The van der Waals surface area contributed by atoms with Gasteiger partial charge in [-0.15, -0.1) is 16.7 Å². The van der Waals surface area contributed by atoms with Crippen LogP contribution in [0.2, 0.25) is 0 Å². The SMILES string of the molecule is CCc1nnc(NCCC(Cl)CC)nc1CC. The van der Waals surface area contributed by atoms with E-state index in [1.807, 2.05) is 0 Å². The lowest BCUT2D eigenvalue weighted by atomic mass is 10.2. The zero-order valence-electron chi connectivity index (χ0n) is 10.8. The summed E-state index contributed by atoms with van der Waals surface area (Å²) in [5, 5.41) is 11.6. The molecule has 0 amide bonds. The molecule has 4 nitrogen and oxygen atoms in total. The normalized spacial score (nSPS) is 12.5. The fourth-order valence-electron chi connectivity index (χ4n) is 1.56. The van der Waals surface area contributed by atoms with Crippen LogP contribution in [0.15, 0.2) is 0 Å². The zero-order valence-corrected chi connectivity index (χ0v) is 11.6. The summed E-state index contributed by atoms with van der Waals surface area (Å²) in [4.78, 5) is 4.46. The molecule has 0 saturated carbocycles. The van der Waals surface area contributed by atoms with Gasteiger partial charge in [0.25, 0.3) is 0 Å². The van der Waals surface area contributed by atoms with E-state index in [0.717, 1.165) is 43.6 Å². The third kappa shape index (κ3) is 4.46. The van der Waals surface area contributed by atoms with E-state index in [0.29, 0.717) is 5.95 Å². The number of nitrogens with zero attached hydrogens (tertiary/aromatic N) is 3. The standard InChI is InChI=1S/C12H21ClN4/c1-4-9(13)7-8-14-12-15-10(5-2)11(6-3)16-17-12/h9H,4-8H2,1-3H3,(H,14,15,17). The highest BCUT2D eigenvalue weighted by Crippen LogP contribution is 2.09. The molecule has 1 unspecified atom stereocenters. The Morgan fingerprint density at radius 2 is 1.82 bits per heavy atom. The Kier molecular flexibility index (Phi) is 6.19. The second kappa shape index (κ2) is 7.43. The summed E-state index contributed by atoms with van der Waals surface area (Å²) in [5.74, 6) is 0.610. The van der Waals surface area contributed by atoms with Crippen LogP contribution in [0.4, 0.5) is 5.95 Å². The molecule has 0 fully saturated rings. The number of alkyl halides is 1. The fraction of sp³-hybridized carbons (Fsp3) is 0.750. The summed E-state index contributed by atoms with van der Waals surface area (Å²) in [6, 6.07) is 0. The average molecular weight is 257 g/mol. The summed E-state index contributed by atoms with van der Waals surface area (Å²) < 4.78 is 0. The van der Waals surface area contributed by atoms with Gasteiger partial charge in [0.2, 0.25) is 5.95 Å². The van der Waals surface area contributed by atoms with Crippen molar-refractivity contribution in [1.82, 2.24) is 15.2 Å². The Labute approximate surface area is 108 Å². The van der Waals surface area contributed by atoms with Crippen LogP contribution in [0, 0.1) is 0 Å². The van der Waals surface area contributed by atoms with E-state index in [1.165, 1.54) is 0 Å². The van der Waals surface area contributed by atoms with Crippen LogP contribution in [-0.4, -0.2) is 27.1 Å². The molecular formula is C12H21ClN4. The van der Waals surface area contributed by atoms with E-state index in [-0.39, 0.29) is 5.38 Å². The van der Waals surface area contributed by atoms with E-state index < -0.39 is 0 Å². The first kappa shape index (κ1) is 14.2. The molecule has 0 aromatic carbocycles. The summed E-state index contributed by atoms with van der Waals surface area (Å²) in [6.45, 7) is 7.02. The predicted molar refractivity (Wildman–Crippen MR) is 71.6 cm³/mol. The number of anilines is 1. The lowest BCUT2D eigenvalue weighted by Crippen LogP contribution is -2.13. The number of hydrogen-bond acceptors (Lipinski definition) is 4. The third-order valence-corrected chi connectivity index (χ3v) is 3.22. The molecule has 1 aromatic rings. The van der Waals surface area contributed by atoms with Crippen LogP contribution in [0.25, 0.3) is 0 Å². The first-order valence-electron chi connectivity index (χ1n) is 6.31. The highest BCUT2D eigenvalue weighted by Gasteiger charge is 2.06. The van der Waals surface area contributed by atoms with Gasteiger partial charge in [-0.2, -0.15) is 5.10 Å². The maximum atomic E-state index is 6.04. The van der Waals surface area contributed by atoms with Crippen molar-refractivity contribution in [3.05, 3.63) is 11.4 Å². The molecule has 0 spiro atoms. The van der Waals surface area contributed by atoms with E-state index in [1.54, 1.807) is 0 Å². The van der Waals surface area contributed by atoms with Gasteiger partial charge in [0.15, 0.2) is 0 Å². The molecule has 96 valence electrons. The largest absolute Gasteiger partial charge is 0.353 e. The van der Waals surface area contributed by atoms with E-state index >= 15 is 0 Å². The summed E-state index contributed by atoms with van der Waals surface area (Å²) in [5.41, 5.74) is 2.02. The van der Waals surface area contributed by atoms with Gasteiger partial charge in [-0.25, -0.2) is 4.98 Å². The monoisotopic (exact) mass is 256 g/mol. The Morgan fingerprint density at radius 3 is 2.41 bits per heavy atom. The first-order valence-corrected chi connectivity index (χ1v) is 6.75. The molecule has 0 aliphatic carbocycles. The van der Waals surface area contributed by atoms with Gasteiger partial charge in [-0.05, 0) is 25.7 Å². The van der Waals surface area contributed by atoms with Crippen molar-refractivity contribution >= 4 is 17.5 Å². The second-order valence-corrected chi connectivity index (χ2v) is 4.57. The van der Waals surface area contributed by atoms with Crippen LogP contribution >= 0.6 is 11.6 Å². The number of nitrogens with one attached hydrogen (secondary N) is 1. The summed E-state index contributed by atoms with van der Waals surface area (Å²) >= 11 is 6.04. The molecule has 0 bridgehead atoms. The Hall–Kier alpha value is -0.900. The molecule has 1 N–H and O–H groups in total. The predicted octanol–water partition coefficient (Wildman–Crippen LogP) is 2.82. The Morgan fingerprint density at radius 1 is 1.12 bits per heavy atom. The number of hydrogen-bond donors (Lipinski definition) is 1. The van der Waals surface area contributed by atoms with Crippen LogP contribution in [0.1, 0.15) is 45.0 Å². The molecular weight excluding hydrogens is 236 g/mol. The van der Waals surface area contributed by atoms with Crippen molar-refractivity contribution in [3.8, 4) is 0 Å². The first-order chi connectivity index (χ1) is 8.21. The minimum atomic E-state index is 0.219. The second-order valence-electron chi connectivity index (χ2n) is 3.96.